The SMILES string of the molecule is CC[C@@H](C)c1ccccc1NC(=O)c1ccc(OC)cc1. The Labute approximate surface area is 126 Å². The van der Waals surface area contributed by atoms with Gasteiger partial charge in [-0.1, -0.05) is 32.0 Å². The molecular formula is C18H21NO2. The van der Waals surface area contributed by atoms with Crippen LogP contribution in [0, 0.1) is 0 Å². The topological polar surface area (TPSA) is 38.3 Å². The summed E-state index contributed by atoms with van der Waals surface area (Å²) in [6.07, 6.45) is 1.04. The normalized spacial score (nSPS) is 11.8. The van der Waals surface area contributed by atoms with E-state index in [9.17, 15) is 4.79 Å². The van der Waals surface area contributed by atoms with Crippen molar-refractivity contribution in [3.63, 3.8) is 0 Å². The number of hydrogen-bond acceptors (Lipinski definition) is 2. The molecule has 0 heterocycles. The van der Waals surface area contributed by atoms with Gasteiger partial charge in [0.05, 0.1) is 7.11 Å². The summed E-state index contributed by atoms with van der Waals surface area (Å²) < 4.78 is 5.10. The van der Waals surface area contributed by atoms with E-state index in [0.29, 0.717) is 11.5 Å². The molecule has 3 heteroatoms. The van der Waals surface area contributed by atoms with Crippen LogP contribution in [0.3, 0.4) is 0 Å². The molecular weight excluding hydrogens is 262 g/mol. The first-order valence-corrected chi connectivity index (χ1v) is 7.20. The highest BCUT2D eigenvalue weighted by molar-refractivity contribution is 6.04. The summed E-state index contributed by atoms with van der Waals surface area (Å²) in [6, 6.07) is 15.1. The lowest BCUT2D eigenvalue weighted by Crippen LogP contribution is -2.13. The monoisotopic (exact) mass is 283 g/mol. The van der Waals surface area contributed by atoms with Gasteiger partial charge in [0, 0.05) is 11.3 Å². The molecule has 1 atom stereocenters. The maximum Gasteiger partial charge on any atom is 0.255 e. The Hall–Kier alpha value is -2.29. The van der Waals surface area contributed by atoms with Gasteiger partial charge >= 0.3 is 0 Å². The number of ether oxygens (including phenoxy) is 1. The van der Waals surface area contributed by atoms with E-state index < -0.39 is 0 Å². The lowest BCUT2D eigenvalue weighted by molar-refractivity contribution is 0.102. The van der Waals surface area contributed by atoms with Crippen LogP contribution in [0.1, 0.15) is 42.1 Å². The van der Waals surface area contributed by atoms with Gasteiger partial charge in [-0.2, -0.15) is 0 Å². The van der Waals surface area contributed by atoms with Crippen LogP contribution in [0.2, 0.25) is 0 Å². The molecule has 2 aromatic carbocycles. The molecule has 0 saturated heterocycles. The molecule has 1 amide bonds. The molecule has 1 N–H and O–H groups in total. The van der Waals surface area contributed by atoms with Gasteiger partial charge in [0.1, 0.15) is 5.75 Å². The molecule has 2 rings (SSSR count). The number of benzene rings is 2. The van der Waals surface area contributed by atoms with Crippen LogP contribution in [0.4, 0.5) is 5.69 Å². The van der Waals surface area contributed by atoms with E-state index in [1.165, 1.54) is 5.56 Å². The zero-order chi connectivity index (χ0) is 15.2. The van der Waals surface area contributed by atoms with Crippen molar-refractivity contribution < 1.29 is 9.53 Å². The second-order valence-electron chi connectivity index (χ2n) is 5.08. The maximum absolute atomic E-state index is 12.3. The van der Waals surface area contributed by atoms with Gasteiger partial charge < -0.3 is 10.1 Å². The van der Waals surface area contributed by atoms with E-state index in [2.05, 4.69) is 25.2 Å². The van der Waals surface area contributed by atoms with Crippen LogP contribution in [0.25, 0.3) is 0 Å². The Morgan fingerprint density at radius 2 is 1.81 bits per heavy atom. The largest absolute Gasteiger partial charge is 0.497 e. The zero-order valence-electron chi connectivity index (χ0n) is 12.7. The number of anilines is 1. The molecule has 0 aliphatic rings. The van der Waals surface area contributed by atoms with Crippen LogP contribution in [-0.4, -0.2) is 13.0 Å². The van der Waals surface area contributed by atoms with Gasteiger partial charge in [0.15, 0.2) is 0 Å². The second-order valence-corrected chi connectivity index (χ2v) is 5.08. The van der Waals surface area contributed by atoms with Crippen LogP contribution >= 0.6 is 0 Å². The molecule has 21 heavy (non-hydrogen) atoms. The van der Waals surface area contributed by atoms with Gasteiger partial charge in [-0.3, -0.25) is 4.79 Å². The Morgan fingerprint density at radius 3 is 2.43 bits per heavy atom. The van der Waals surface area contributed by atoms with E-state index in [-0.39, 0.29) is 5.91 Å². The van der Waals surface area contributed by atoms with Crippen molar-refractivity contribution in [3.05, 3.63) is 59.7 Å². The molecule has 0 aliphatic heterocycles. The zero-order valence-corrected chi connectivity index (χ0v) is 12.7. The Bertz CT molecular complexity index is 605. The molecule has 2 aromatic rings. The first-order valence-electron chi connectivity index (χ1n) is 7.20. The van der Waals surface area contributed by atoms with E-state index >= 15 is 0 Å². The summed E-state index contributed by atoms with van der Waals surface area (Å²) in [4.78, 5) is 12.3. The lowest BCUT2D eigenvalue weighted by Gasteiger charge is -2.15. The van der Waals surface area contributed by atoms with Crippen LogP contribution in [0.15, 0.2) is 48.5 Å². The van der Waals surface area contributed by atoms with Crippen LogP contribution in [-0.2, 0) is 0 Å². The number of rotatable bonds is 5. The molecule has 0 aromatic heterocycles. The predicted molar refractivity (Wildman–Crippen MR) is 86.1 cm³/mol. The van der Waals surface area contributed by atoms with Crippen molar-refractivity contribution >= 4 is 11.6 Å². The summed E-state index contributed by atoms with van der Waals surface area (Å²) in [5.74, 6) is 1.05. The highest BCUT2D eigenvalue weighted by atomic mass is 16.5. The summed E-state index contributed by atoms with van der Waals surface area (Å²) in [5, 5.41) is 3.00. The van der Waals surface area contributed by atoms with Crippen LogP contribution in [0.5, 0.6) is 5.75 Å². The fourth-order valence-electron chi connectivity index (χ4n) is 2.20. The van der Waals surface area contributed by atoms with E-state index in [4.69, 9.17) is 4.74 Å². The average Bonchev–Trinajstić information content (AvgIpc) is 2.54. The van der Waals surface area contributed by atoms with Gasteiger partial charge in [0.2, 0.25) is 0 Å². The Morgan fingerprint density at radius 1 is 1.14 bits per heavy atom. The average molecular weight is 283 g/mol. The molecule has 0 fully saturated rings. The summed E-state index contributed by atoms with van der Waals surface area (Å²) in [7, 11) is 1.61. The van der Waals surface area contributed by atoms with Crippen molar-refractivity contribution in [2.24, 2.45) is 0 Å². The first kappa shape index (κ1) is 15.1. The highest BCUT2D eigenvalue weighted by Gasteiger charge is 2.12. The van der Waals surface area contributed by atoms with E-state index in [0.717, 1.165) is 17.9 Å². The minimum atomic E-state index is -0.103. The fraction of sp³-hybridized carbons (Fsp3) is 0.278. The molecule has 0 saturated carbocycles. The Balaban J connectivity index is 2.19. The lowest BCUT2D eigenvalue weighted by atomic mass is 9.97. The highest BCUT2D eigenvalue weighted by Crippen LogP contribution is 2.27. The molecule has 0 spiro atoms. The standard InChI is InChI=1S/C18H21NO2/c1-4-13(2)16-7-5-6-8-17(16)19-18(20)14-9-11-15(21-3)12-10-14/h5-13H,4H2,1-3H3,(H,19,20)/t13-/m1/s1. The van der Waals surface area contributed by atoms with Gasteiger partial charge in [-0.25, -0.2) is 0 Å². The van der Waals surface area contributed by atoms with Crippen molar-refractivity contribution in [1.82, 2.24) is 0 Å². The molecule has 3 nitrogen and oxygen atoms in total. The summed E-state index contributed by atoms with van der Waals surface area (Å²) in [5.41, 5.74) is 2.67. The molecule has 110 valence electrons. The number of carbonyl (C=O) groups is 1. The van der Waals surface area contributed by atoms with Gasteiger partial charge in [-0.15, -0.1) is 0 Å². The smallest absolute Gasteiger partial charge is 0.255 e. The number of carbonyl (C=O) groups excluding carboxylic acids is 1. The number of nitrogens with one attached hydrogen (secondary N) is 1. The second kappa shape index (κ2) is 6.93. The van der Waals surface area contributed by atoms with Crippen molar-refractivity contribution in [2.75, 3.05) is 12.4 Å². The molecule has 0 aliphatic carbocycles. The minimum absolute atomic E-state index is 0.103. The quantitative estimate of drug-likeness (QED) is 0.879. The number of methoxy groups -OCH3 is 1. The third-order valence-electron chi connectivity index (χ3n) is 3.70. The third-order valence-corrected chi connectivity index (χ3v) is 3.70. The number of para-hydroxylation sites is 1. The van der Waals surface area contributed by atoms with Gasteiger partial charge in [0.25, 0.3) is 5.91 Å². The first-order chi connectivity index (χ1) is 10.2. The van der Waals surface area contributed by atoms with Crippen LogP contribution < -0.4 is 10.1 Å². The van der Waals surface area contributed by atoms with Crippen molar-refractivity contribution in [1.29, 1.82) is 0 Å². The number of amides is 1. The van der Waals surface area contributed by atoms with E-state index in [1.54, 1.807) is 31.4 Å². The van der Waals surface area contributed by atoms with Crippen molar-refractivity contribution in [2.45, 2.75) is 26.2 Å². The molecule has 0 bridgehead atoms. The summed E-state index contributed by atoms with van der Waals surface area (Å²) >= 11 is 0. The van der Waals surface area contributed by atoms with Gasteiger partial charge in [-0.05, 0) is 48.2 Å². The third kappa shape index (κ3) is 3.63. The minimum Gasteiger partial charge on any atom is -0.497 e. The van der Waals surface area contributed by atoms with E-state index in [1.807, 2.05) is 18.2 Å². The van der Waals surface area contributed by atoms with Crippen molar-refractivity contribution in [3.8, 4) is 5.75 Å². The summed E-state index contributed by atoms with van der Waals surface area (Å²) in [6.45, 7) is 4.31. The maximum atomic E-state index is 12.3. The molecule has 0 radical (unpaired) electrons. The number of hydrogen-bond donors (Lipinski definition) is 1. The Kier molecular flexibility index (Phi) is 4.99. The predicted octanol–water partition coefficient (Wildman–Crippen LogP) is 4.46. The fourth-order valence-corrected chi connectivity index (χ4v) is 2.20. The molecule has 0 unspecified atom stereocenters.